The summed E-state index contributed by atoms with van der Waals surface area (Å²) in [6, 6.07) is 7.55. The Labute approximate surface area is 137 Å². The van der Waals surface area contributed by atoms with Crippen LogP contribution in [0.3, 0.4) is 0 Å². The van der Waals surface area contributed by atoms with Crippen LogP contribution in [-0.2, 0) is 0 Å². The lowest BCUT2D eigenvalue weighted by Crippen LogP contribution is -2.36. The third-order valence-electron chi connectivity index (χ3n) is 3.58. The van der Waals surface area contributed by atoms with Crippen molar-refractivity contribution < 1.29 is 4.74 Å². The van der Waals surface area contributed by atoms with Crippen LogP contribution in [0.25, 0.3) is 5.70 Å². The van der Waals surface area contributed by atoms with E-state index in [-0.39, 0.29) is 0 Å². The Morgan fingerprint density at radius 1 is 1.35 bits per heavy atom. The lowest BCUT2D eigenvalue weighted by molar-refractivity contribution is 0.156. The van der Waals surface area contributed by atoms with Crippen LogP contribution in [0.4, 0.5) is 0 Å². The molecule has 0 spiro atoms. The molecule has 23 heavy (non-hydrogen) atoms. The molecule has 118 valence electrons. The molecule has 0 saturated heterocycles. The first kappa shape index (κ1) is 16.6. The van der Waals surface area contributed by atoms with Crippen molar-refractivity contribution in [3.8, 4) is 18.0 Å². The van der Waals surface area contributed by atoms with E-state index in [2.05, 4.69) is 18.0 Å². The first-order valence-corrected chi connectivity index (χ1v) is 7.59. The Hall–Kier alpha value is -2.79. The maximum Gasteiger partial charge on any atom is 0.207 e. The first-order valence-electron chi connectivity index (χ1n) is 7.59. The van der Waals surface area contributed by atoms with E-state index in [1.165, 1.54) is 0 Å². The van der Waals surface area contributed by atoms with Crippen molar-refractivity contribution in [1.82, 2.24) is 4.90 Å². The third kappa shape index (κ3) is 3.52. The predicted molar refractivity (Wildman–Crippen MR) is 89.6 cm³/mol. The van der Waals surface area contributed by atoms with Gasteiger partial charge in [0.1, 0.15) is 17.2 Å². The normalized spacial score (nSPS) is 15.6. The van der Waals surface area contributed by atoms with Crippen molar-refractivity contribution in [2.24, 2.45) is 4.99 Å². The van der Waals surface area contributed by atoms with Gasteiger partial charge in [-0.05, 0) is 51.5 Å². The van der Waals surface area contributed by atoms with Crippen LogP contribution in [-0.4, -0.2) is 22.9 Å². The van der Waals surface area contributed by atoms with E-state index in [9.17, 15) is 5.26 Å². The number of nitrogens with zero attached hydrogens (tertiary/aromatic N) is 4. The number of hydrogen-bond acceptors (Lipinski definition) is 4. The number of ether oxygens (including phenoxy) is 1. The highest BCUT2D eigenvalue weighted by atomic mass is 16.5. The molecule has 0 atom stereocenters. The summed E-state index contributed by atoms with van der Waals surface area (Å²) in [6.45, 7) is 8.58. The van der Waals surface area contributed by atoms with Gasteiger partial charge < -0.3 is 9.64 Å². The number of nitriles is 2. The zero-order valence-electron chi connectivity index (χ0n) is 13.9. The summed E-state index contributed by atoms with van der Waals surface area (Å²) in [5, 5.41) is 18.1. The Bertz CT molecular complexity index is 747. The molecule has 5 heteroatoms. The van der Waals surface area contributed by atoms with Crippen molar-refractivity contribution in [3.63, 3.8) is 0 Å². The van der Waals surface area contributed by atoms with Gasteiger partial charge in [0.2, 0.25) is 6.19 Å². The number of rotatable bonds is 3. The summed E-state index contributed by atoms with van der Waals surface area (Å²) in [7, 11) is 0. The summed E-state index contributed by atoms with van der Waals surface area (Å²) in [5.41, 5.74) is 1.87. The van der Waals surface area contributed by atoms with Gasteiger partial charge >= 0.3 is 0 Å². The van der Waals surface area contributed by atoms with Crippen LogP contribution >= 0.6 is 0 Å². The molecule has 2 rings (SSSR count). The Kier molecular flexibility index (Phi) is 4.71. The summed E-state index contributed by atoms with van der Waals surface area (Å²) < 4.78 is 6.00. The molecule has 1 aromatic carbocycles. The maximum absolute atomic E-state index is 9.17. The van der Waals surface area contributed by atoms with E-state index in [1.54, 1.807) is 6.07 Å². The van der Waals surface area contributed by atoms with Crippen molar-refractivity contribution in [2.75, 3.05) is 6.54 Å². The van der Waals surface area contributed by atoms with E-state index in [0.29, 0.717) is 11.4 Å². The second kappa shape index (κ2) is 6.54. The molecular formula is C18H20N4O. The standard InChI is InChI=1S/C18H20N4O/c1-5-8-22(13(2)21-12-20)16-10-18(3,4)23-17-7-6-14(11-19)9-15(16)17/h6-7,9-10H,5,8H2,1-4H3/b21-13+. The summed E-state index contributed by atoms with van der Waals surface area (Å²) in [6.07, 6.45) is 4.77. The minimum atomic E-state index is -0.477. The van der Waals surface area contributed by atoms with Crippen molar-refractivity contribution in [3.05, 3.63) is 35.4 Å². The predicted octanol–water partition coefficient (Wildman–Crippen LogP) is 3.68. The van der Waals surface area contributed by atoms with E-state index in [4.69, 9.17) is 10.00 Å². The molecule has 0 radical (unpaired) electrons. The van der Waals surface area contributed by atoms with Crippen molar-refractivity contribution in [1.29, 1.82) is 10.5 Å². The summed E-state index contributed by atoms with van der Waals surface area (Å²) >= 11 is 0. The quantitative estimate of drug-likeness (QED) is 0.485. The third-order valence-corrected chi connectivity index (χ3v) is 3.58. The molecular weight excluding hydrogens is 288 g/mol. The van der Waals surface area contributed by atoms with Gasteiger partial charge in [-0.3, -0.25) is 0 Å². The molecule has 0 bridgehead atoms. The lowest BCUT2D eigenvalue weighted by atomic mass is 9.96. The fourth-order valence-electron chi connectivity index (χ4n) is 2.64. The molecule has 1 aliphatic heterocycles. The van der Waals surface area contributed by atoms with Gasteiger partial charge in [-0.1, -0.05) is 6.92 Å². The van der Waals surface area contributed by atoms with E-state index in [1.807, 2.05) is 50.1 Å². The lowest BCUT2D eigenvalue weighted by Gasteiger charge is -2.36. The molecule has 0 fully saturated rings. The van der Waals surface area contributed by atoms with Crippen LogP contribution in [0, 0.1) is 22.8 Å². The first-order chi connectivity index (χ1) is 10.9. The molecule has 0 saturated carbocycles. The number of aliphatic imine (C=N–C) groups is 1. The molecule has 0 aromatic heterocycles. The zero-order chi connectivity index (χ0) is 17.0. The van der Waals surface area contributed by atoms with Gasteiger partial charge in [-0.15, -0.1) is 0 Å². The minimum absolute atomic E-state index is 0.477. The molecule has 1 aromatic rings. The van der Waals surface area contributed by atoms with Gasteiger partial charge in [0, 0.05) is 12.1 Å². The van der Waals surface area contributed by atoms with Crippen molar-refractivity contribution in [2.45, 2.75) is 39.7 Å². The van der Waals surface area contributed by atoms with Gasteiger partial charge in [0.15, 0.2) is 0 Å². The highest BCUT2D eigenvalue weighted by Gasteiger charge is 2.30. The van der Waals surface area contributed by atoms with Gasteiger partial charge in [0.05, 0.1) is 17.3 Å². The fraction of sp³-hybridized carbons (Fsp3) is 0.389. The number of amidine groups is 1. The van der Waals surface area contributed by atoms with Crippen molar-refractivity contribution >= 4 is 11.5 Å². The van der Waals surface area contributed by atoms with Crippen LogP contribution < -0.4 is 4.74 Å². The van der Waals surface area contributed by atoms with E-state index < -0.39 is 5.60 Å². The average molecular weight is 308 g/mol. The molecule has 0 aliphatic carbocycles. The monoisotopic (exact) mass is 308 g/mol. The largest absolute Gasteiger partial charge is 0.483 e. The smallest absolute Gasteiger partial charge is 0.207 e. The number of fused-ring (bicyclic) bond motifs is 1. The summed E-state index contributed by atoms with van der Waals surface area (Å²) in [5.74, 6) is 1.36. The van der Waals surface area contributed by atoms with Crippen LogP contribution in [0.1, 0.15) is 45.2 Å². The Morgan fingerprint density at radius 2 is 2.09 bits per heavy atom. The van der Waals surface area contributed by atoms with Gasteiger partial charge in [-0.25, -0.2) is 0 Å². The maximum atomic E-state index is 9.17. The van der Waals surface area contributed by atoms with Crippen LogP contribution in [0.15, 0.2) is 29.3 Å². The SMILES string of the molecule is CCCN(C1=CC(C)(C)Oc2ccc(C#N)cc21)/C(C)=N/C#N. The van der Waals surface area contributed by atoms with E-state index >= 15 is 0 Å². The second-order valence-corrected chi connectivity index (χ2v) is 5.97. The van der Waals surface area contributed by atoms with Gasteiger partial charge in [-0.2, -0.15) is 15.5 Å². The molecule has 0 unspecified atom stereocenters. The highest BCUT2D eigenvalue weighted by Crippen LogP contribution is 2.38. The molecule has 5 nitrogen and oxygen atoms in total. The number of hydrogen-bond donors (Lipinski definition) is 0. The van der Waals surface area contributed by atoms with E-state index in [0.717, 1.165) is 30.0 Å². The zero-order valence-corrected chi connectivity index (χ0v) is 13.9. The molecule has 0 N–H and O–H groups in total. The summed E-state index contributed by atoms with van der Waals surface area (Å²) in [4.78, 5) is 5.89. The highest BCUT2D eigenvalue weighted by molar-refractivity contribution is 5.91. The topological polar surface area (TPSA) is 72.4 Å². The molecule has 1 heterocycles. The molecule has 1 aliphatic rings. The fourth-order valence-corrected chi connectivity index (χ4v) is 2.64. The second-order valence-electron chi connectivity index (χ2n) is 5.97. The Morgan fingerprint density at radius 3 is 2.70 bits per heavy atom. The van der Waals surface area contributed by atoms with Crippen LogP contribution in [0.2, 0.25) is 0 Å². The molecule has 0 amide bonds. The van der Waals surface area contributed by atoms with Crippen LogP contribution in [0.5, 0.6) is 5.75 Å². The number of benzene rings is 1. The Balaban J connectivity index is 2.62. The van der Waals surface area contributed by atoms with Gasteiger partial charge in [0.25, 0.3) is 0 Å². The minimum Gasteiger partial charge on any atom is -0.483 e. The average Bonchev–Trinajstić information content (AvgIpc) is 2.51.